The average molecular weight is 248 g/mol. The fourth-order valence-corrected chi connectivity index (χ4v) is 2.13. The predicted molar refractivity (Wildman–Crippen MR) is 76.4 cm³/mol. The normalized spacial score (nSPS) is 11.7. The predicted octanol–water partition coefficient (Wildman–Crippen LogP) is 2.66. The summed E-state index contributed by atoms with van der Waals surface area (Å²) in [6.07, 6.45) is 0. The van der Waals surface area contributed by atoms with Gasteiger partial charge in [-0.1, -0.05) is 26.0 Å². The van der Waals surface area contributed by atoms with Crippen LogP contribution in [-0.2, 0) is 10.2 Å². The van der Waals surface area contributed by atoms with Crippen LogP contribution in [0.3, 0.4) is 0 Å². The Morgan fingerprint density at radius 1 is 1.28 bits per heavy atom. The van der Waals surface area contributed by atoms with Gasteiger partial charge in [0.05, 0.1) is 5.41 Å². The lowest BCUT2D eigenvalue weighted by molar-refractivity contribution is -0.135. The lowest BCUT2D eigenvalue weighted by Crippen LogP contribution is -2.42. The van der Waals surface area contributed by atoms with Gasteiger partial charge in [-0.15, -0.1) is 0 Å². The molecule has 0 bridgehead atoms. The van der Waals surface area contributed by atoms with Crippen molar-refractivity contribution in [2.75, 3.05) is 19.3 Å². The van der Waals surface area contributed by atoms with Crippen molar-refractivity contribution in [1.82, 2.24) is 4.90 Å². The van der Waals surface area contributed by atoms with E-state index in [-0.39, 0.29) is 5.91 Å². The Bertz CT molecular complexity index is 407. The Morgan fingerprint density at radius 2 is 1.78 bits per heavy atom. The van der Waals surface area contributed by atoms with E-state index in [0.29, 0.717) is 5.92 Å². The number of nitrogens with two attached hydrogens (primary N) is 1. The molecule has 0 aliphatic rings. The van der Waals surface area contributed by atoms with Crippen LogP contribution in [0.1, 0.15) is 33.3 Å². The molecule has 0 saturated carbocycles. The Labute approximate surface area is 110 Å². The second-order valence-corrected chi connectivity index (χ2v) is 5.83. The Kier molecular flexibility index (Phi) is 4.38. The number of likely N-dealkylation sites (N-methyl/N-ethyl adjacent to an activating group) is 1. The number of nitrogen functional groups attached to an aromatic ring is 1. The van der Waals surface area contributed by atoms with Crippen molar-refractivity contribution in [3.8, 4) is 0 Å². The first-order valence-corrected chi connectivity index (χ1v) is 6.36. The Morgan fingerprint density at radius 3 is 2.22 bits per heavy atom. The van der Waals surface area contributed by atoms with Gasteiger partial charge in [0.1, 0.15) is 0 Å². The number of hydrogen-bond acceptors (Lipinski definition) is 2. The number of anilines is 1. The lowest BCUT2D eigenvalue weighted by atomic mass is 9.83. The molecule has 0 aromatic heterocycles. The number of rotatable bonds is 4. The van der Waals surface area contributed by atoms with Gasteiger partial charge in [0.25, 0.3) is 0 Å². The summed E-state index contributed by atoms with van der Waals surface area (Å²) >= 11 is 0. The van der Waals surface area contributed by atoms with Crippen molar-refractivity contribution < 1.29 is 4.79 Å². The summed E-state index contributed by atoms with van der Waals surface area (Å²) in [5.41, 5.74) is 6.88. The molecule has 0 unspecified atom stereocenters. The number of carbonyl (C=O) groups excluding carboxylic acids is 1. The summed E-state index contributed by atoms with van der Waals surface area (Å²) in [6.45, 7) is 8.91. The standard InChI is InChI=1S/C15H24N2O/c1-11(2)10-17(5)14(18)15(3,4)12-6-8-13(16)9-7-12/h6-9,11H,10,16H2,1-5H3. The molecule has 3 heteroatoms. The van der Waals surface area contributed by atoms with E-state index in [1.54, 1.807) is 4.90 Å². The van der Waals surface area contributed by atoms with Gasteiger partial charge >= 0.3 is 0 Å². The van der Waals surface area contributed by atoms with E-state index in [4.69, 9.17) is 5.73 Å². The molecule has 0 saturated heterocycles. The SMILES string of the molecule is CC(C)CN(C)C(=O)C(C)(C)c1ccc(N)cc1. The van der Waals surface area contributed by atoms with Gasteiger partial charge in [0.15, 0.2) is 0 Å². The highest BCUT2D eigenvalue weighted by atomic mass is 16.2. The fraction of sp³-hybridized carbons (Fsp3) is 0.533. The first-order chi connectivity index (χ1) is 8.25. The highest BCUT2D eigenvalue weighted by Crippen LogP contribution is 2.26. The van der Waals surface area contributed by atoms with Crippen LogP contribution in [0.2, 0.25) is 0 Å². The van der Waals surface area contributed by atoms with Gasteiger partial charge in [-0.05, 0) is 37.5 Å². The van der Waals surface area contributed by atoms with Crippen LogP contribution in [0, 0.1) is 5.92 Å². The third kappa shape index (κ3) is 3.25. The zero-order chi connectivity index (χ0) is 13.9. The molecule has 3 nitrogen and oxygen atoms in total. The van der Waals surface area contributed by atoms with E-state index in [1.807, 2.05) is 45.2 Å². The summed E-state index contributed by atoms with van der Waals surface area (Å²) in [6, 6.07) is 7.53. The number of carbonyl (C=O) groups is 1. The van der Waals surface area contributed by atoms with Gasteiger partial charge in [-0.25, -0.2) is 0 Å². The molecule has 0 atom stereocenters. The summed E-state index contributed by atoms with van der Waals surface area (Å²) in [5, 5.41) is 0. The van der Waals surface area contributed by atoms with Crippen LogP contribution in [0.5, 0.6) is 0 Å². The molecule has 0 aliphatic heterocycles. The van der Waals surface area contributed by atoms with Crippen molar-refractivity contribution in [3.63, 3.8) is 0 Å². The van der Waals surface area contributed by atoms with E-state index in [0.717, 1.165) is 17.8 Å². The van der Waals surface area contributed by atoms with Crippen LogP contribution < -0.4 is 5.73 Å². The largest absolute Gasteiger partial charge is 0.399 e. The first-order valence-electron chi connectivity index (χ1n) is 6.36. The lowest BCUT2D eigenvalue weighted by Gasteiger charge is -2.30. The molecule has 1 rings (SSSR count). The monoisotopic (exact) mass is 248 g/mol. The molecule has 0 fully saturated rings. The minimum atomic E-state index is -0.517. The highest BCUT2D eigenvalue weighted by molar-refractivity contribution is 5.87. The summed E-state index contributed by atoms with van der Waals surface area (Å²) in [4.78, 5) is 14.3. The minimum absolute atomic E-state index is 0.140. The summed E-state index contributed by atoms with van der Waals surface area (Å²) < 4.78 is 0. The first kappa shape index (κ1) is 14.6. The molecule has 0 radical (unpaired) electrons. The average Bonchev–Trinajstić information content (AvgIpc) is 2.27. The Hall–Kier alpha value is -1.51. The maximum Gasteiger partial charge on any atom is 0.232 e. The molecule has 0 heterocycles. The molecule has 0 aliphatic carbocycles. The highest BCUT2D eigenvalue weighted by Gasteiger charge is 2.32. The second kappa shape index (κ2) is 5.42. The maximum absolute atomic E-state index is 12.5. The fourth-order valence-electron chi connectivity index (χ4n) is 2.13. The zero-order valence-electron chi connectivity index (χ0n) is 12.0. The maximum atomic E-state index is 12.5. The number of amides is 1. The zero-order valence-corrected chi connectivity index (χ0v) is 12.0. The van der Waals surface area contributed by atoms with Crippen molar-refractivity contribution in [2.45, 2.75) is 33.1 Å². The third-order valence-corrected chi connectivity index (χ3v) is 3.15. The second-order valence-electron chi connectivity index (χ2n) is 5.83. The van der Waals surface area contributed by atoms with Gasteiger partial charge in [-0.2, -0.15) is 0 Å². The van der Waals surface area contributed by atoms with Crippen molar-refractivity contribution in [2.24, 2.45) is 5.92 Å². The molecule has 1 amide bonds. The molecular weight excluding hydrogens is 224 g/mol. The van der Waals surface area contributed by atoms with Gasteiger partial charge in [-0.3, -0.25) is 4.79 Å². The number of nitrogens with zero attached hydrogens (tertiary/aromatic N) is 1. The van der Waals surface area contributed by atoms with Crippen LogP contribution >= 0.6 is 0 Å². The molecular formula is C15H24N2O. The molecule has 0 spiro atoms. The molecule has 18 heavy (non-hydrogen) atoms. The van der Waals surface area contributed by atoms with Crippen LogP contribution in [0.4, 0.5) is 5.69 Å². The van der Waals surface area contributed by atoms with E-state index >= 15 is 0 Å². The molecule has 1 aromatic rings. The van der Waals surface area contributed by atoms with Crippen LogP contribution in [0.25, 0.3) is 0 Å². The quantitative estimate of drug-likeness (QED) is 0.833. The smallest absolute Gasteiger partial charge is 0.232 e. The summed E-state index contributed by atoms with van der Waals surface area (Å²) in [5.74, 6) is 0.613. The molecule has 100 valence electrons. The van der Waals surface area contributed by atoms with E-state index in [2.05, 4.69) is 13.8 Å². The van der Waals surface area contributed by atoms with E-state index < -0.39 is 5.41 Å². The number of benzene rings is 1. The van der Waals surface area contributed by atoms with Crippen LogP contribution in [-0.4, -0.2) is 24.4 Å². The van der Waals surface area contributed by atoms with Crippen molar-refractivity contribution >= 4 is 11.6 Å². The van der Waals surface area contributed by atoms with Gasteiger partial charge < -0.3 is 10.6 Å². The van der Waals surface area contributed by atoms with Crippen LogP contribution in [0.15, 0.2) is 24.3 Å². The van der Waals surface area contributed by atoms with Gasteiger partial charge in [0.2, 0.25) is 5.91 Å². The molecule has 1 aromatic carbocycles. The third-order valence-electron chi connectivity index (χ3n) is 3.15. The van der Waals surface area contributed by atoms with Crippen molar-refractivity contribution in [1.29, 1.82) is 0 Å². The van der Waals surface area contributed by atoms with Gasteiger partial charge in [0, 0.05) is 19.3 Å². The number of hydrogen-bond donors (Lipinski definition) is 1. The van der Waals surface area contributed by atoms with Crippen molar-refractivity contribution in [3.05, 3.63) is 29.8 Å². The Balaban J connectivity index is 2.91. The summed E-state index contributed by atoms with van der Waals surface area (Å²) in [7, 11) is 1.86. The minimum Gasteiger partial charge on any atom is -0.399 e. The van der Waals surface area contributed by atoms with E-state index in [1.165, 1.54) is 0 Å². The molecule has 2 N–H and O–H groups in total. The van der Waals surface area contributed by atoms with E-state index in [9.17, 15) is 4.79 Å². The topological polar surface area (TPSA) is 46.3 Å².